The van der Waals surface area contributed by atoms with E-state index in [4.69, 9.17) is 23.8 Å². The molecule has 20 aromatic rings. The number of hydrogen-bond donors (Lipinski definition) is 0. The molecule has 0 aliphatic rings. The highest BCUT2D eigenvalue weighted by molar-refractivity contribution is 6.23. The van der Waals surface area contributed by atoms with E-state index < -0.39 is 0 Å². The predicted octanol–water partition coefficient (Wildman–Crippen LogP) is 21.1. The smallest absolute Gasteiger partial charge is 0.141 e. The van der Waals surface area contributed by atoms with Crippen molar-refractivity contribution in [1.82, 2.24) is 33.2 Å². The average Bonchev–Trinajstić information content (AvgIpc) is 1.72. The Morgan fingerprint density at radius 3 is 1.14 bits per heavy atom. The third-order valence-electron chi connectivity index (χ3n) is 18.7. The van der Waals surface area contributed by atoms with Crippen molar-refractivity contribution in [3.63, 3.8) is 0 Å². The molecular weight excluding hydrogens is 1100 g/mol. The number of para-hydroxylation sites is 6. The van der Waals surface area contributed by atoms with Crippen LogP contribution in [0.3, 0.4) is 0 Å². The first kappa shape index (κ1) is 48.9. The fourth-order valence-electron chi connectivity index (χ4n) is 14.8. The Kier molecular flexibility index (Phi) is 10.1. The van der Waals surface area contributed by atoms with Crippen molar-refractivity contribution in [1.29, 1.82) is 0 Å². The van der Waals surface area contributed by atoms with Crippen molar-refractivity contribution in [2.24, 2.45) is 0 Å². The Morgan fingerprint density at radius 2 is 0.622 bits per heavy atom. The lowest BCUT2D eigenvalue weighted by Crippen LogP contribution is -1.99. The molecule has 0 fully saturated rings. The van der Waals surface area contributed by atoms with Gasteiger partial charge in [0.1, 0.15) is 40.3 Å². The SMILES string of the molecule is c1cc(-c2ccc3oc4ccc(-n5c6ccccc6c6c(-c7cccc8c7c7ccccc7n8-c7cc(-c8ccc9oc%10ccc(-n%11c%12ccccc%12c%12ccccc%12%11)cc%10c9c8)ncn7)cccc65)cc4c3c2)nc(-n2c3ccccc3c3ccccc32)c1. The first-order valence-corrected chi connectivity index (χ1v) is 30.4. The molecule has 0 unspecified atom stereocenters. The highest BCUT2D eigenvalue weighted by atomic mass is 16.3. The summed E-state index contributed by atoms with van der Waals surface area (Å²) in [5, 5.41) is 13.7. The van der Waals surface area contributed by atoms with Gasteiger partial charge in [0.2, 0.25) is 0 Å². The van der Waals surface area contributed by atoms with Crippen LogP contribution in [-0.4, -0.2) is 33.2 Å². The second kappa shape index (κ2) is 18.6. The Bertz CT molecular complexity index is 6340. The zero-order chi connectivity index (χ0) is 58.7. The number of rotatable bonds is 7. The number of aromatic nitrogens is 7. The van der Waals surface area contributed by atoms with Crippen LogP contribution in [0.25, 0.3) is 188 Å². The zero-order valence-electron chi connectivity index (χ0n) is 48.1. The number of hydrogen-bond acceptors (Lipinski definition) is 5. The van der Waals surface area contributed by atoms with Gasteiger partial charge in [0.25, 0.3) is 0 Å². The van der Waals surface area contributed by atoms with Gasteiger partial charge in [-0.15, -0.1) is 0 Å². The molecule has 0 saturated carbocycles. The van der Waals surface area contributed by atoms with Gasteiger partial charge in [0, 0.05) is 93.2 Å². The van der Waals surface area contributed by atoms with E-state index in [0.29, 0.717) is 0 Å². The summed E-state index contributed by atoms with van der Waals surface area (Å²) in [6.07, 6.45) is 1.69. The molecule has 12 aromatic carbocycles. The molecule has 0 aliphatic carbocycles. The van der Waals surface area contributed by atoms with Crippen LogP contribution in [0.4, 0.5) is 0 Å². The number of fused-ring (bicyclic) bond motifs is 18. The van der Waals surface area contributed by atoms with Gasteiger partial charge in [0.05, 0.1) is 55.5 Å². The molecule has 0 N–H and O–H groups in total. The van der Waals surface area contributed by atoms with Crippen LogP contribution in [-0.2, 0) is 0 Å². The lowest BCUT2D eigenvalue weighted by molar-refractivity contribution is 0.668. The minimum Gasteiger partial charge on any atom is -0.456 e. The van der Waals surface area contributed by atoms with Crippen LogP contribution in [0.1, 0.15) is 0 Å². The topological polar surface area (TPSA) is 84.7 Å². The standard InChI is InChI=1S/C81H47N7O2/c1-7-25-66-52(16-1)53-17-2-8-26-67(53)85(66)50-36-40-76-62(44-50)61-43-49(35-39-75(61)90-76)65-46-79(83-47-82-65)88-71-30-12-6-21-59(71)81-57(23-14-32-73(81)88)56-22-13-31-72-80(56)58-20-5-11-29-70(58)86(72)51-37-41-77-63(45-51)60-42-48(34-38-74(60)89-77)64-24-15-33-78(84-64)87-68-27-9-3-18-54(68)55-19-4-10-28-69(55)87/h1-47H. The van der Waals surface area contributed by atoms with Crippen molar-refractivity contribution >= 4 is 131 Å². The third-order valence-corrected chi connectivity index (χ3v) is 18.7. The van der Waals surface area contributed by atoms with E-state index in [2.05, 4.69) is 297 Å². The summed E-state index contributed by atoms with van der Waals surface area (Å²) in [6.45, 7) is 0. The minimum absolute atomic E-state index is 0.780. The molecule has 8 aromatic heterocycles. The molecule has 418 valence electrons. The summed E-state index contributed by atoms with van der Waals surface area (Å²) in [5.74, 6) is 1.65. The zero-order valence-corrected chi connectivity index (χ0v) is 48.1. The fourth-order valence-corrected chi connectivity index (χ4v) is 14.8. The molecule has 90 heavy (non-hydrogen) atoms. The number of nitrogens with zero attached hydrogens (tertiary/aromatic N) is 7. The monoisotopic (exact) mass is 1150 g/mol. The molecular formula is C81H47N7O2. The molecule has 0 saturated heterocycles. The maximum Gasteiger partial charge on any atom is 0.141 e. The Hall–Kier alpha value is -12.3. The van der Waals surface area contributed by atoms with Crippen LogP contribution >= 0.6 is 0 Å². The molecule has 0 aliphatic heterocycles. The summed E-state index contributed by atoms with van der Waals surface area (Å²) in [5.41, 5.74) is 20.4. The van der Waals surface area contributed by atoms with Gasteiger partial charge >= 0.3 is 0 Å². The van der Waals surface area contributed by atoms with E-state index >= 15 is 0 Å². The average molecular weight is 1150 g/mol. The Morgan fingerprint density at radius 1 is 0.244 bits per heavy atom. The highest BCUT2D eigenvalue weighted by Crippen LogP contribution is 2.46. The fraction of sp³-hybridized carbons (Fsp3) is 0. The normalized spacial score (nSPS) is 12.2. The summed E-state index contributed by atoms with van der Waals surface area (Å²) in [7, 11) is 0. The second-order valence-electron chi connectivity index (χ2n) is 23.5. The van der Waals surface area contributed by atoms with E-state index in [1.165, 1.54) is 43.4 Å². The maximum atomic E-state index is 6.60. The van der Waals surface area contributed by atoms with Crippen molar-refractivity contribution in [2.75, 3.05) is 0 Å². The van der Waals surface area contributed by atoms with Crippen LogP contribution in [0.15, 0.2) is 294 Å². The predicted molar refractivity (Wildman–Crippen MR) is 368 cm³/mol. The number of pyridine rings is 1. The van der Waals surface area contributed by atoms with E-state index in [-0.39, 0.29) is 0 Å². The third kappa shape index (κ3) is 6.99. The minimum atomic E-state index is 0.780. The van der Waals surface area contributed by atoms with Crippen LogP contribution in [0.5, 0.6) is 0 Å². The van der Waals surface area contributed by atoms with E-state index in [0.717, 1.165) is 144 Å². The Balaban J connectivity index is 0.696. The molecule has 0 radical (unpaired) electrons. The van der Waals surface area contributed by atoms with Crippen molar-refractivity contribution < 1.29 is 8.83 Å². The summed E-state index contributed by atoms with van der Waals surface area (Å²) >= 11 is 0. The molecule has 0 spiro atoms. The summed E-state index contributed by atoms with van der Waals surface area (Å²) in [4.78, 5) is 15.3. The molecule has 0 amide bonds. The molecule has 9 nitrogen and oxygen atoms in total. The number of benzene rings is 12. The first-order chi connectivity index (χ1) is 44.6. The lowest BCUT2D eigenvalue weighted by atomic mass is 9.95. The van der Waals surface area contributed by atoms with Gasteiger partial charge in [-0.25, -0.2) is 15.0 Å². The summed E-state index contributed by atoms with van der Waals surface area (Å²) < 4.78 is 22.4. The van der Waals surface area contributed by atoms with Crippen molar-refractivity contribution in [3.8, 4) is 56.7 Å². The lowest BCUT2D eigenvalue weighted by Gasteiger charge is -2.11. The van der Waals surface area contributed by atoms with Crippen LogP contribution < -0.4 is 0 Å². The van der Waals surface area contributed by atoms with Gasteiger partial charge in [-0.2, -0.15) is 0 Å². The quantitative estimate of drug-likeness (QED) is 0.159. The number of furan rings is 2. The van der Waals surface area contributed by atoms with E-state index in [9.17, 15) is 0 Å². The first-order valence-electron chi connectivity index (χ1n) is 30.4. The van der Waals surface area contributed by atoms with Gasteiger partial charge in [-0.3, -0.25) is 9.13 Å². The molecule has 8 heterocycles. The molecule has 0 bridgehead atoms. The Labute approximate surface area is 512 Å². The van der Waals surface area contributed by atoms with Gasteiger partial charge in [-0.1, -0.05) is 140 Å². The summed E-state index contributed by atoms with van der Waals surface area (Å²) in [6, 6.07) is 99.6. The van der Waals surface area contributed by atoms with E-state index in [1.807, 2.05) is 0 Å². The van der Waals surface area contributed by atoms with Gasteiger partial charge in [0.15, 0.2) is 0 Å². The largest absolute Gasteiger partial charge is 0.456 e. The van der Waals surface area contributed by atoms with Gasteiger partial charge in [-0.05, 0) is 145 Å². The van der Waals surface area contributed by atoms with E-state index in [1.54, 1.807) is 6.33 Å². The molecule has 9 heteroatoms. The molecule has 20 rings (SSSR count). The van der Waals surface area contributed by atoms with Crippen LogP contribution in [0.2, 0.25) is 0 Å². The maximum absolute atomic E-state index is 6.60. The second-order valence-corrected chi connectivity index (χ2v) is 23.5. The van der Waals surface area contributed by atoms with Crippen molar-refractivity contribution in [3.05, 3.63) is 285 Å². The van der Waals surface area contributed by atoms with Crippen molar-refractivity contribution in [2.45, 2.75) is 0 Å². The highest BCUT2D eigenvalue weighted by Gasteiger charge is 2.24. The molecule has 0 atom stereocenters. The van der Waals surface area contributed by atoms with Gasteiger partial charge < -0.3 is 18.0 Å². The van der Waals surface area contributed by atoms with Crippen LogP contribution in [0, 0.1) is 0 Å².